The number of furan rings is 1. The first-order chi connectivity index (χ1) is 7.81. The van der Waals surface area contributed by atoms with Crippen LogP contribution in [0.2, 0.25) is 0 Å². The fraction of sp³-hybridized carbons (Fsp3) is 0.636. The Labute approximate surface area is 105 Å². The average molecular weight is 258 g/mol. The summed E-state index contributed by atoms with van der Waals surface area (Å²) in [5, 5.41) is 1.24. The third kappa shape index (κ3) is 2.97. The van der Waals surface area contributed by atoms with Crippen LogP contribution in [0.1, 0.15) is 12.5 Å². The second-order valence-electron chi connectivity index (χ2n) is 4.02. The van der Waals surface area contributed by atoms with Gasteiger partial charge < -0.3 is 4.42 Å². The smallest absolute Gasteiger partial charge is 0.0935 e. The van der Waals surface area contributed by atoms with E-state index in [1.54, 1.807) is 12.5 Å². The van der Waals surface area contributed by atoms with Crippen LogP contribution in [0.4, 0.5) is 0 Å². The van der Waals surface area contributed by atoms with Gasteiger partial charge in [-0.1, -0.05) is 6.92 Å². The Bertz CT molecular complexity index is 305. The van der Waals surface area contributed by atoms with Crippen molar-refractivity contribution in [1.82, 2.24) is 5.43 Å². The van der Waals surface area contributed by atoms with Gasteiger partial charge in [0.05, 0.1) is 12.5 Å². The van der Waals surface area contributed by atoms with E-state index in [4.69, 9.17) is 10.3 Å². The molecule has 90 valence electrons. The van der Waals surface area contributed by atoms with Crippen molar-refractivity contribution >= 4 is 23.5 Å². The van der Waals surface area contributed by atoms with E-state index in [1.807, 2.05) is 29.6 Å². The van der Waals surface area contributed by atoms with Crippen LogP contribution >= 0.6 is 23.5 Å². The molecule has 1 aliphatic heterocycles. The summed E-state index contributed by atoms with van der Waals surface area (Å²) in [4.78, 5) is 0. The Morgan fingerprint density at radius 1 is 1.56 bits per heavy atom. The first-order valence-corrected chi connectivity index (χ1v) is 7.61. The van der Waals surface area contributed by atoms with Gasteiger partial charge in [-0.15, -0.1) is 0 Å². The van der Waals surface area contributed by atoms with Crippen molar-refractivity contribution in [2.45, 2.75) is 29.9 Å². The van der Waals surface area contributed by atoms with Crippen molar-refractivity contribution in [3.05, 3.63) is 24.2 Å². The summed E-state index contributed by atoms with van der Waals surface area (Å²) in [7, 11) is 0. The zero-order valence-corrected chi connectivity index (χ0v) is 11.0. The largest absolute Gasteiger partial charge is 0.472 e. The maximum Gasteiger partial charge on any atom is 0.0935 e. The van der Waals surface area contributed by atoms with Crippen LogP contribution < -0.4 is 11.3 Å². The minimum Gasteiger partial charge on any atom is -0.472 e. The maximum absolute atomic E-state index is 5.68. The van der Waals surface area contributed by atoms with Crippen molar-refractivity contribution < 1.29 is 4.42 Å². The Morgan fingerprint density at radius 3 is 3.00 bits per heavy atom. The van der Waals surface area contributed by atoms with E-state index in [0.717, 1.165) is 6.42 Å². The summed E-state index contributed by atoms with van der Waals surface area (Å²) < 4.78 is 5.09. The maximum atomic E-state index is 5.68. The standard InChI is InChI=1S/C11H18N2OS2/c1-8-11(16-5-4-15-8)10(13-12)6-9-2-3-14-7-9/h2-3,7-8,10-11,13H,4-6,12H2,1H3. The molecule has 0 aromatic carbocycles. The van der Waals surface area contributed by atoms with Crippen molar-refractivity contribution in [2.24, 2.45) is 5.84 Å². The predicted octanol–water partition coefficient (Wildman–Crippen LogP) is 1.89. The molecule has 1 aromatic rings. The molecule has 0 bridgehead atoms. The van der Waals surface area contributed by atoms with Gasteiger partial charge in [-0.2, -0.15) is 23.5 Å². The van der Waals surface area contributed by atoms with Gasteiger partial charge in [0.1, 0.15) is 0 Å². The molecule has 0 radical (unpaired) electrons. The first kappa shape index (κ1) is 12.4. The second-order valence-corrected chi connectivity index (χ2v) is 6.79. The Hall–Kier alpha value is -0.100. The summed E-state index contributed by atoms with van der Waals surface area (Å²) >= 11 is 4.07. The third-order valence-electron chi connectivity index (χ3n) is 2.88. The highest BCUT2D eigenvalue weighted by Crippen LogP contribution is 2.33. The van der Waals surface area contributed by atoms with Crippen LogP contribution in [0.5, 0.6) is 0 Å². The van der Waals surface area contributed by atoms with Crippen molar-refractivity contribution in [3.8, 4) is 0 Å². The van der Waals surface area contributed by atoms with Gasteiger partial charge in [-0.25, -0.2) is 0 Å². The van der Waals surface area contributed by atoms with Crippen LogP contribution in [-0.2, 0) is 6.42 Å². The molecule has 1 aromatic heterocycles. The summed E-state index contributed by atoms with van der Waals surface area (Å²) in [5.74, 6) is 8.16. The summed E-state index contributed by atoms with van der Waals surface area (Å²) in [6, 6.07) is 2.33. The number of nitrogens with two attached hydrogens (primary N) is 1. The van der Waals surface area contributed by atoms with Gasteiger partial charge in [-0.05, 0) is 18.1 Å². The SMILES string of the molecule is CC1SCCSC1C(Cc1ccoc1)NN. The molecule has 1 fully saturated rings. The highest BCUT2D eigenvalue weighted by Gasteiger charge is 2.29. The quantitative estimate of drug-likeness (QED) is 0.638. The molecule has 0 spiro atoms. The van der Waals surface area contributed by atoms with E-state index in [-0.39, 0.29) is 0 Å². The molecule has 0 amide bonds. The molecular formula is C11H18N2OS2. The van der Waals surface area contributed by atoms with Crippen LogP contribution in [0, 0.1) is 0 Å². The summed E-state index contributed by atoms with van der Waals surface area (Å²) in [6.45, 7) is 2.29. The van der Waals surface area contributed by atoms with Crippen molar-refractivity contribution in [1.29, 1.82) is 0 Å². The van der Waals surface area contributed by atoms with Gasteiger partial charge in [0.25, 0.3) is 0 Å². The monoisotopic (exact) mass is 258 g/mol. The van der Waals surface area contributed by atoms with Gasteiger partial charge in [0, 0.05) is 28.0 Å². The van der Waals surface area contributed by atoms with E-state index < -0.39 is 0 Å². The molecule has 2 rings (SSSR count). The fourth-order valence-electron chi connectivity index (χ4n) is 2.02. The highest BCUT2D eigenvalue weighted by atomic mass is 32.2. The predicted molar refractivity (Wildman–Crippen MR) is 71.7 cm³/mol. The Balaban J connectivity index is 1.98. The molecular weight excluding hydrogens is 240 g/mol. The molecule has 16 heavy (non-hydrogen) atoms. The van der Waals surface area contributed by atoms with E-state index in [0.29, 0.717) is 16.5 Å². The zero-order valence-electron chi connectivity index (χ0n) is 9.39. The van der Waals surface area contributed by atoms with Crippen LogP contribution in [0.25, 0.3) is 0 Å². The minimum atomic E-state index is 0.324. The van der Waals surface area contributed by atoms with Crippen molar-refractivity contribution in [2.75, 3.05) is 11.5 Å². The number of hydrazine groups is 1. The normalized spacial score (nSPS) is 27.9. The number of thioether (sulfide) groups is 2. The van der Waals surface area contributed by atoms with Gasteiger partial charge in [0.15, 0.2) is 0 Å². The average Bonchev–Trinajstić information content (AvgIpc) is 2.80. The molecule has 3 N–H and O–H groups in total. The number of rotatable bonds is 4. The van der Waals surface area contributed by atoms with E-state index in [9.17, 15) is 0 Å². The summed E-state index contributed by atoms with van der Waals surface area (Å²) in [5.41, 5.74) is 4.18. The molecule has 2 heterocycles. The van der Waals surface area contributed by atoms with Crippen LogP contribution in [-0.4, -0.2) is 28.0 Å². The molecule has 3 nitrogen and oxygen atoms in total. The molecule has 3 unspecified atom stereocenters. The van der Waals surface area contributed by atoms with E-state index in [2.05, 4.69) is 12.3 Å². The molecule has 0 saturated carbocycles. The molecule has 1 saturated heterocycles. The number of hydrogen-bond donors (Lipinski definition) is 2. The zero-order chi connectivity index (χ0) is 11.4. The van der Waals surface area contributed by atoms with E-state index >= 15 is 0 Å². The molecule has 3 atom stereocenters. The van der Waals surface area contributed by atoms with Crippen LogP contribution in [0.3, 0.4) is 0 Å². The van der Waals surface area contributed by atoms with E-state index in [1.165, 1.54) is 17.1 Å². The third-order valence-corrected chi connectivity index (χ3v) is 6.13. The van der Waals surface area contributed by atoms with Gasteiger partial charge in [0.2, 0.25) is 0 Å². The number of hydrogen-bond acceptors (Lipinski definition) is 5. The number of nitrogens with one attached hydrogen (secondary N) is 1. The Kier molecular flexibility index (Phi) is 4.64. The molecule has 0 aliphatic carbocycles. The lowest BCUT2D eigenvalue weighted by atomic mass is 10.0. The van der Waals surface area contributed by atoms with Crippen molar-refractivity contribution in [3.63, 3.8) is 0 Å². The van der Waals surface area contributed by atoms with Gasteiger partial charge in [-0.3, -0.25) is 11.3 Å². The Morgan fingerprint density at radius 2 is 2.38 bits per heavy atom. The van der Waals surface area contributed by atoms with Gasteiger partial charge >= 0.3 is 0 Å². The van der Waals surface area contributed by atoms with Crippen LogP contribution in [0.15, 0.2) is 23.0 Å². The topological polar surface area (TPSA) is 51.2 Å². The first-order valence-electron chi connectivity index (χ1n) is 5.51. The lowest BCUT2D eigenvalue weighted by Gasteiger charge is -2.33. The second kappa shape index (κ2) is 6.00. The lowest BCUT2D eigenvalue weighted by Crippen LogP contribution is -2.48. The molecule has 1 aliphatic rings. The highest BCUT2D eigenvalue weighted by molar-refractivity contribution is 8.07. The summed E-state index contributed by atoms with van der Waals surface area (Å²) in [6.07, 6.45) is 4.46. The minimum absolute atomic E-state index is 0.324. The fourth-order valence-corrected chi connectivity index (χ4v) is 4.97. The molecule has 5 heteroatoms. The lowest BCUT2D eigenvalue weighted by molar-refractivity contribution is 0.496.